The van der Waals surface area contributed by atoms with Gasteiger partial charge in [0.25, 0.3) is 0 Å². The van der Waals surface area contributed by atoms with Gasteiger partial charge in [0.15, 0.2) is 0 Å². The molecule has 30 heavy (non-hydrogen) atoms. The molecule has 2 saturated heterocycles. The van der Waals surface area contributed by atoms with E-state index in [0.29, 0.717) is 26.1 Å². The summed E-state index contributed by atoms with van der Waals surface area (Å²) in [6.45, 7) is 6.18. The van der Waals surface area contributed by atoms with Crippen molar-refractivity contribution in [2.45, 2.75) is 43.7 Å². The van der Waals surface area contributed by atoms with E-state index in [1.807, 2.05) is 11.8 Å². The molecule has 6 nitrogen and oxygen atoms in total. The van der Waals surface area contributed by atoms with Gasteiger partial charge in [-0.15, -0.1) is 0 Å². The van der Waals surface area contributed by atoms with Gasteiger partial charge < -0.3 is 4.90 Å². The van der Waals surface area contributed by atoms with Crippen molar-refractivity contribution < 1.29 is 13.2 Å². The number of hydrogen-bond acceptors (Lipinski definition) is 5. The molecule has 1 unspecified atom stereocenters. The van der Waals surface area contributed by atoms with E-state index >= 15 is 0 Å². The minimum absolute atomic E-state index is 0.0411. The van der Waals surface area contributed by atoms with Crippen molar-refractivity contribution in [3.05, 3.63) is 52.2 Å². The first-order valence-electron chi connectivity index (χ1n) is 10.6. The smallest absolute Gasteiger partial charge is 0.243 e. The summed E-state index contributed by atoms with van der Waals surface area (Å²) in [5.74, 6) is -0.0411. The van der Waals surface area contributed by atoms with Crippen LogP contribution in [0.15, 0.2) is 46.0 Å². The minimum Gasteiger partial charge on any atom is -0.339 e. The zero-order valence-electron chi connectivity index (χ0n) is 17.4. The molecule has 0 bridgehead atoms. The van der Waals surface area contributed by atoms with Crippen LogP contribution in [0, 0.1) is 6.92 Å². The lowest BCUT2D eigenvalue weighted by Crippen LogP contribution is -2.56. The number of amides is 1. The Kier molecular flexibility index (Phi) is 6.57. The summed E-state index contributed by atoms with van der Waals surface area (Å²) in [6.07, 6.45) is 2.27. The van der Waals surface area contributed by atoms with Crippen molar-refractivity contribution in [3.8, 4) is 0 Å². The molecule has 1 atom stereocenters. The van der Waals surface area contributed by atoms with E-state index in [-0.39, 0.29) is 10.8 Å². The van der Waals surface area contributed by atoms with Gasteiger partial charge in [-0.05, 0) is 54.3 Å². The van der Waals surface area contributed by atoms with E-state index in [2.05, 4.69) is 21.7 Å². The summed E-state index contributed by atoms with van der Waals surface area (Å²) < 4.78 is 28.0. The second-order valence-corrected chi connectivity index (χ2v) is 10.8. The summed E-state index contributed by atoms with van der Waals surface area (Å²) in [5.41, 5.74) is 2.32. The van der Waals surface area contributed by atoms with E-state index in [4.69, 9.17) is 0 Å². The van der Waals surface area contributed by atoms with Crippen molar-refractivity contribution in [2.75, 3.05) is 32.7 Å². The van der Waals surface area contributed by atoms with Gasteiger partial charge in [0.05, 0.1) is 4.90 Å². The Morgan fingerprint density at radius 2 is 1.77 bits per heavy atom. The molecule has 0 radical (unpaired) electrons. The lowest BCUT2D eigenvalue weighted by molar-refractivity contribution is -0.138. The molecule has 1 aromatic carbocycles. The highest BCUT2D eigenvalue weighted by molar-refractivity contribution is 7.89. The fourth-order valence-electron chi connectivity index (χ4n) is 4.26. The first-order valence-corrected chi connectivity index (χ1v) is 12.9. The van der Waals surface area contributed by atoms with Crippen LogP contribution in [0.2, 0.25) is 0 Å². The highest BCUT2D eigenvalue weighted by Gasteiger charge is 2.40. The van der Waals surface area contributed by atoms with Gasteiger partial charge in [0.1, 0.15) is 6.04 Å². The maximum absolute atomic E-state index is 13.3. The average molecular weight is 448 g/mol. The molecule has 1 amide bonds. The van der Waals surface area contributed by atoms with E-state index in [1.54, 1.807) is 35.6 Å². The van der Waals surface area contributed by atoms with E-state index < -0.39 is 16.1 Å². The minimum atomic E-state index is -3.68. The number of rotatable bonds is 5. The molecule has 0 saturated carbocycles. The lowest BCUT2D eigenvalue weighted by atomic mass is 10.0. The Hall–Kier alpha value is -1.74. The summed E-state index contributed by atoms with van der Waals surface area (Å²) in [6, 6.07) is 8.45. The van der Waals surface area contributed by atoms with Crippen LogP contribution in [0.1, 0.15) is 30.4 Å². The summed E-state index contributed by atoms with van der Waals surface area (Å²) >= 11 is 1.70. The Bertz CT molecular complexity index is 950. The molecule has 162 valence electrons. The van der Waals surface area contributed by atoms with Gasteiger partial charge in [-0.25, -0.2) is 8.42 Å². The third kappa shape index (κ3) is 4.61. The molecule has 2 aliphatic heterocycles. The predicted molar refractivity (Wildman–Crippen MR) is 119 cm³/mol. The van der Waals surface area contributed by atoms with Gasteiger partial charge in [-0.1, -0.05) is 24.1 Å². The number of piperazine rings is 1. The van der Waals surface area contributed by atoms with Crippen LogP contribution < -0.4 is 0 Å². The predicted octanol–water partition coefficient (Wildman–Crippen LogP) is 2.94. The highest BCUT2D eigenvalue weighted by atomic mass is 32.2. The van der Waals surface area contributed by atoms with Crippen LogP contribution in [-0.2, 0) is 21.4 Å². The van der Waals surface area contributed by atoms with Gasteiger partial charge in [-0.2, -0.15) is 15.6 Å². The largest absolute Gasteiger partial charge is 0.339 e. The van der Waals surface area contributed by atoms with Crippen molar-refractivity contribution in [3.63, 3.8) is 0 Å². The van der Waals surface area contributed by atoms with Crippen LogP contribution in [-0.4, -0.2) is 67.2 Å². The maximum Gasteiger partial charge on any atom is 0.243 e. The number of thiophene rings is 1. The fourth-order valence-corrected chi connectivity index (χ4v) is 6.57. The SMILES string of the molecule is Cc1ccc(S(=O)(=O)N2CCCCC2C(=O)N2CCN(Cc3ccsc3)CC2)cc1. The quantitative estimate of drug-likeness (QED) is 0.707. The van der Waals surface area contributed by atoms with E-state index in [0.717, 1.165) is 38.0 Å². The van der Waals surface area contributed by atoms with Crippen molar-refractivity contribution in [1.29, 1.82) is 0 Å². The molecule has 1 aromatic heterocycles. The van der Waals surface area contributed by atoms with Gasteiger partial charge in [0, 0.05) is 39.3 Å². The van der Waals surface area contributed by atoms with E-state index in [9.17, 15) is 13.2 Å². The topological polar surface area (TPSA) is 60.9 Å². The Labute approximate surface area is 183 Å². The molecular weight excluding hydrogens is 418 g/mol. The molecular formula is C22H29N3O3S2. The Balaban J connectivity index is 1.44. The molecule has 0 aliphatic carbocycles. The molecule has 2 fully saturated rings. The number of nitrogens with zero attached hydrogens (tertiary/aromatic N) is 3. The third-order valence-corrected chi connectivity index (χ3v) is 8.69. The number of carbonyl (C=O) groups excluding carboxylic acids is 1. The Morgan fingerprint density at radius 1 is 1.03 bits per heavy atom. The number of benzene rings is 1. The number of aryl methyl sites for hydroxylation is 1. The number of piperidine rings is 1. The van der Waals surface area contributed by atoms with E-state index in [1.165, 1.54) is 9.87 Å². The highest BCUT2D eigenvalue weighted by Crippen LogP contribution is 2.27. The van der Waals surface area contributed by atoms with Crippen LogP contribution in [0.4, 0.5) is 0 Å². The third-order valence-electron chi connectivity index (χ3n) is 6.04. The van der Waals surface area contributed by atoms with Crippen molar-refractivity contribution >= 4 is 27.3 Å². The average Bonchev–Trinajstić information content (AvgIpc) is 3.27. The monoisotopic (exact) mass is 447 g/mol. The zero-order chi connectivity index (χ0) is 21.1. The van der Waals surface area contributed by atoms with Crippen LogP contribution in [0.5, 0.6) is 0 Å². The van der Waals surface area contributed by atoms with Gasteiger partial charge in [-0.3, -0.25) is 9.69 Å². The number of sulfonamides is 1. The fraction of sp³-hybridized carbons (Fsp3) is 0.500. The van der Waals surface area contributed by atoms with Crippen molar-refractivity contribution in [1.82, 2.24) is 14.1 Å². The molecule has 4 rings (SSSR count). The summed E-state index contributed by atoms with van der Waals surface area (Å²) in [5, 5.41) is 4.24. The molecule has 0 spiro atoms. The summed E-state index contributed by atoms with van der Waals surface area (Å²) in [4.78, 5) is 17.8. The molecule has 8 heteroatoms. The molecule has 3 heterocycles. The number of hydrogen-bond donors (Lipinski definition) is 0. The van der Waals surface area contributed by atoms with Crippen LogP contribution in [0.3, 0.4) is 0 Å². The first-order chi connectivity index (χ1) is 14.4. The number of carbonyl (C=O) groups is 1. The summed E-state index contributed by atoms with van der Waals surface area (Å²) in [7, 11) is -3.68. The second kappa shape index (κ2) is 9.18. The second-order valence-electron chi connectivity index (χ2n) is 8.17. The maximum atomic E-state index is 13.3. The Morgan fingerprint density at radius 3 is 2.43 bits per heavy atom. The molecule has 2 aromatic rings. The van der Waals surface area contributed by atoms with Gasteiger partial charge in [0.2, 0.25) is 15.9 Å². The van der Waals surface area contributed by atoms with Crippen LogP contribution >= 0.6 is 11.3 Å². The van der Waals surface area contributed by atoms with Gasteiger partial charge >= 0.3 is 0 Å². The first kappa shape index (κ1) is 21.5. The van der Waals surface area contributed by atoms with Crippen LogP contribution in [0.25, 0.3) is 0 Å². The normalized spacial score (nSPS) is 21.6. The molecule has 2 aliphatic rings. The molecule has 0 N–H and O–H groups in total. The lowest BCUT2D eigenvalue weighted by Gasteiger charge is -2.40. The standard InChI is InChI=1S/C22H29N3O3S2/c1-18-5-7-20(8-6-18)30(27,28)25-10-3-2-4-21(25)22(26)24-13-11-23(12-14-24)16-19-9-15-29-17-19/h5-9,15,17,21H,2-4,10-14,16H2,1H3. The zero-order valence-corrected chi connectivity index (χ0v) is 19.0. The van der Waals surface area contributed by atoms with Crippen molar-refractivity contribution in [2.24, 2.45) is 0 Å².